The Morgan fingerprint density at radius 1 is 1.34 bits per heavy atom. The van der Waals surface area contributed by atoms with Gasteiger partial charge >= 0.3 is 17.6 Å². The van der Waals surface area contributed by atoms with Gasteiger partial charge in [-0.2, -0.15) is 5.10 Å². The zero-order chi connectivity index (χ0) is 21.7. The zero-order valence-corrected chi connectivity index (χ0v) is 17.1. The molecular formula is C17H20N4O7S. The van der Waals surface area contributed by atoms with Crippen LogP contribution in [0.5, 0.6) is 0 Å². The van der Waals surface area contributed by atoms with Crippen LogP contribution in [0.4, 0.5) is 10.7 Å². The van der Waals surface area contributed by atoms with Crippen molar-refractivity contribution in [3.8, 4) is 0 Å². The number of nitro groups is 1. The predicted octanol–water partition coefficient (Wildman–Crippen LogP) is 2.54. The molecule has 0 fully saturated rings. The normalized spacial score (nSPS) is 10.7. The number of hydrogen-bond donors (Lipinski definition) is 1. The van der Waals surface area contributed by atoms with Gasteiger partial charge in [-0.05, 0) is 33.3 Å². The van der Waals surface area contributed by atoms with Crippen molar-refractivity contribution in [1.82, 2.24) is 9.78 Å². The first kappa shape index (κ1) is 22.0. The van der Waals surface area contributed by atoms with Crippen LogP contribution >= 0.6 is 11.3 Å². The van der Waals surface area contributed by atoms with Crippen molar-refractivity contribution < 1.29 is 28.8 Å². The average molecular weight is 424 g/mol. The number of carbonyl (C=O) groups is 3. The SMILES string of the molecule is CCOC(=O)c1sc(NC(=O)Cn2cc([N+](=O)[O-])cn2)c(C(=O)OC(C)C)c1C. The quantitative estimate of drug-likeness (QED) is 0.387. The van der Waals surface area contributed by atoms with E-state index in [1.54, 1.807) is 27.7 Å². The highest BCUT2D eigenvalue weighted by Gasteiger charge is 2.28. The highest BCUT2D eigenvalue weighted by molar-refractivity contribution is 7.18. The zero-order valence-electron chi connectivity index (χ0n) is 16.3. The fourth-order valence-electron chi connectivity index (χ4n) is 2.36. The summed E-state index contributed by atoms with van der Waals surface area (Å²) in [5.74, 6) is -1.88. The lowest BCUT2D eigenvalue weighted by Gasteiger charge is -2.10. The Kier molecular flexibility index (Phi) is 7.04. The number of carbonyl (C=O) groups excluding carboxylic acids is 3. The monoisotopic (exact) mass is 424 g/mol. The van der Waals surface area contributed by atoms with Gasteiger partial charge in [0.15, 0.2) is 0 Å². The van der Waals surface area contributed by atoms with Crippen molar-refractivity contribution in [2.45, 2.75) is 40.3 Å². The second-order valence-electron chi connectivity index (χ2n) is 6.14. The molecule has 0 bridgehead atoms. The summed E-state index contributed by atoms with van der Waals surface area (Å²) in [5, 5.41) is 17.1. The van der Waals surface area contributed by atoms with Crippen LogP contribution in [-0.2, 0) is 20.8 Å². The second-order valence-corrected chi connectivity index (χ2v) is 7.16. The number of aromatic nitrogens is 2. The van der Waals surface area contributed by atoms with Crippen molar-refractivity contribution in [3.63, 3.8) is 0 Å². The minimum Gasteiger partial charge on any atom is -0.462 e. The summed E-state index contributed by atoms with van der Waals surface area (Å²) in [6.07, 6.45) is 1.73. The van der Waals surface area contributed by atoms with E-state index in [4.69, 9.17) is 9.47 Å². The van der Waals surface area contributed by atoms with Gasteiger partial charge in [0.05, 0.1) is 23.2 Å². The van der Waals surface area contributed by atoms with E-state index in [2.05, 4.69) is 10.4 Å². The van der Waals surface area contributed by atoms with Gasteiger partial charge in [0, 0.05) is 0 Å². The lowest BCUT2D eigenvalue weighted by molar-refractivity contribution is -0.385. The molecule has 0 aliphatic rings. The molecule has 12 heteroatoms. The van der Waals surface area contributed by atoms with Crippen molar-refractivity contribution in [2.75, 3.05) is 11.9 Å². The van der Waals surface area contributed by atoms with Crippen molar-refractivity contribution in [1.29, 1.82) is 0 Å². The van der Waals surface area contributed by atoms with Gasteiger partial charge in [0.2, 0.25) is 5.91 Å². The van der Waals surface area contributed by atoms with E-state index in [0.29, 0.717) is 5.56 Å². The summed E-state index contributed by atoms with van der Waals surface area (Å²) in [4.78, 5) is 47.3. The number of hydrogen-bond acceptors (Lipinski definition) is 9. The molecule has 0 aromatic carbocycles. The summed E-state index contributed by atoms with van der Waals surface area (Å²) in [5.41, 5.74) is 0.145. The summed E-state index contributed by atoms with van der Waals surface area (Å²) in [6, 6.07) is 0. The lowest BCUT2D eigenvalue weighted by atomic mass is 10.1. The number of thiophene rings is 1. The molecule has 0 aliphatic carbocycles. The van der Waals surface area contributed by atoms with Crippen LogP contribution in [0.15, 0.2) is 12.4 Å². The van der Waals surface area contributed by atoms with E-state index < -0.39 is 28.9 Å². The summed E-state index contributed by atoms with van der Waals surface area (Å²) in [6.45, 7) is 6.40. The highest BCUT2D eigenvalue weighted by Crippen LogP contribution is 2.34. The Morgan fingerprint density at radius 2 is 2.03 bits per heavy atom. The van der Waals surface area contributed by atoms with Crippen LogP contribution in [0.25, 0.3) is 0 Å². The molecule has 0 unspecified atom stereocenters. The fraction of sp³-hybridized carbons (Fsp3) is 0.412. The van der Waals surface area contributed by atoms with Crippen LogP contribution in [0.2, 0.25) is 0 Å². The third kappa shape index (κ3) is 5.38. The van der Waals surface area contributed by atoms with Crippen molar-refractivity contribution >= 4 is 39.9 Å². The van der Waals surface area contributed by atoms with Crippen LogP contribution in [-0.4, -0.2) is 45.3 Å². The third-order valence-corrected chi connectivity index (χ3v) is 4.73. The van der Waals surface area contributed by atoms with Gasteiger partial charge in [-0.15, -0.1) is 11.3 Å². The molecule has 0 saturated carbocycles. The molecule has 2 aromatic rings. The van der Waals surface area contributed by atoms with E-state index in [-0.39, 0.29) is 34.3 Å². The molecule has 2 heterocycles. The topological polar surface area (TPSA) is 143 Å². The second kappa shape index (κ2) is 9.28. The van der Waals surface area contributed by atoms with Crippen molar-refractivity contribution in [2.24, 2.45) is 0 Å². The summed E-state index contributed by atoms with van der Waals surface area (Å²) >= 11 is 0.893. The Hall–Kier alpha value is -3.28. The number of nitrogens with zero attached hydrogens (tertiary/aromatic N) is 3. The maximum atomic E-state index is 12.5. The lowest BCUT2D eigenvalue weighted by Crippen LogP contribution is -2.20. The molecule has 0 saturated heterocycles. The molecule has 1 amide bonds. The van der Waals surface area contributed by atoms with Crippen LogP contribution in [0.1, 0.15) is 46.4 Å². The molecule has 1 N–H and O–H groups in total. The molecule has 0 aliphatic heterocycles. The van der Waals surface area contributed by atoms with E-state index in [1.165, 1.54) is 0 Å². The Balaban J connectivity index is 2.29. The number of esters is 2. The molecule has 29 heavy (non-hydrogen) atoms. The number of nitrogens with one attached hydrogen (secondary N) is 1. The first-order valence-electron chi connectivity index (χ1n) is 8.62. The Labute approximate surface area is 169 Å². The summed E-state index contributed by atoms with van der Waals surface area (Å²) < 4.78 is 11.3. The largest absolute Gasteiger partial charge is 0.462 e. The third-order valence-electron chi connectivity index (χ3n) is 3.54. The number of anilines is 1. The predicted molar refractivity (Wildman–Crippen MR) is 103 cm³/mol. The van der Waals surface area contributed by atoms with Gasteiger partial charge in [-0.3, -0.25) is 19.6 Å². The summed E-state index contributed by atoms with van der Waals surface area (Å²) in [7, 11) is 0. The van der Waals surface area contributed by atoms with Gasteiger partial charge in [-0.25, -0.2) is 9.59 Å². The maximum Gasteiger partial charge on any atom is 0.348 e. The van der Waals surface area contributed by atoms with Crippen LogP contribution < -0.4 is 5.32 Å². The van der Waals surface area contributed by atoms with Crippen molar-refractivity contribution in [3.05, 3.63) is 38.5 Å². The smallest absolute Gasteiger partial charge is 0.348 e. The minimum atomic E-state index is -0.686. The first-order chi connectivity index (χ1) is 13.6. The fourth-order valence-corrected chi connectivity index (χ4v) is 3.46. The van der Waals surface area contributed by atoms with Crippen LogP contribution in [0, 0.1) is 17.0 Å². The molecule has 11 nitrogen and oxygen atoms in total. The molecule has 0 spiro atoms. The van der Waals surface area contributed by atoms with Gasteiger partial charge < -0.3 is 14.8 Å². The molecular weight excluding hydrogens is 404 g/mol. The number of rotatable bonds is 8. The van der Waals surface area contributed by atoms with E-state index in [1.807, 2.05) is 0 Å². The number of amides is 1. The average Bonchev–Trinajstić information content (AvgIpc) is 3.19. The highest BCUT2D eigenvalue weighted by atomic mass is 32.1. The van der Waals surface area contributed by atoms with E-state index in [9.17, 15) is 24.5 Å². The van der Waals surface area contributed by atoms with E-state index >= 15 is 0 Å². The van der Waals surface area contributed by atoms with Crippen LogP contribution in [0.3, 0.4) is 0 Å². The maximum absolute atomic E-state index is 12.5. The van der Waals surface area contributed by atoms with Gasteiger partial charge in [0.25, 0.3) is 0 Å². The molecule has 156 valence electrons. The molecule has 2 rings (SSSR count). The number of ether oxygens (including phenoxy) is 2. The Bertz CT molecular complexity index is 948. The molecule has 0 radical (unpaired) electrons. The van der Waals surface area contributed by atoms with Gasteiger partial charge in [-0.1, -0.05) is 0 Å². The minimum absolute atomic E-state index is 0.0616. The van der Waals surface area contributed by atoms with E-state index in [0.717, 1.165) is 28.4 Å². The molecule has 2 aromatic heterocycles. The standard InChI is InChI=1S/C17H20N4O7S/c1-5-27-17(24)14-10(4)13(16(23)28-9(2)3)15(29-14)19-12(22)8-20-7-11(6-18-20)21(25)26/h6-7,9H,5,8H2,1-4H3,(H,19,22). The molecule has 0 atom stereocenters. The first-order valence-corrected chi connectivity index (χ1v) is 9.43. The Morgan fingerprint density at radius 3 is 2.59 bits per heavy atom. The van der Waals surface area contributed by atoms with Gasteiger partial charge in [0.1, 0.15) is 28.8 Å².